The molecule has 188 valence electrons. The quantitative estimate of drug-likeness (QED) is 0.281. The van der Waals surface area contributed by atoms with Crippen molar-refractivity contribution in [1.82, 2.24) is 10.0 Å². The van der Waals surface area contributed by atoms with Crippen LogP contribution < -0.4 is 0 Å². The molecule has 0 bridgehead atoms. The van der Waals surface area contributed by atoms with Gasteiger partial charge >= 0.3 is 12.2 Å². The van der Waals surface area contributed by atoms with E-state index in [1.807, 2.05) is 19.1 Å². The van der Waals surface area contributed by atoms with Crippen molar-refractivity contribution in [2.45, 2.75) is 105 Å². The Hall–Kier alpha value is -2.83. The van der Waals surface area contributed by atoms with E-state index in [0.717, 1.165) is 48.9 Å². The van der Waals surface area contributed by atoms with Gasteiger partial charge < -0.3 is 9.47 Å². The maximum atomic E-state index is 13.2. The van der Waals surface area contributed by atoms with Gasteiger partial charge in [0.05, 0.1) is 23.9 Å². The fraction of sp³-hybridized carbons (Fsp3) is 0.593. The highest BCUT2D eigenvalue weighted by Gasteiger charge is 2.44. The molecule has 7 heteroatoms. The molecule has 0 aromatic heterocycles. The highest BCUT2D eigenvalue weighted by molar-refractivity contribution is 5.94. The lowest BCUT2D eigenvalue weighted by Gasteiger charge is -2.32. The third-order valence-electron chi connectivity index (χ3n) is 5.78. The van der Waals surface area contributed by atoms with Gasteiger partial charge in [0.2, 0.25) is 0 Å². The number of rotatable bonds is 10. The Kier molecular flexibility index (Phi) is 10.1. The Bertz CT molecular complexity index is 889. The van der Waals surface area contributed by atoms with Crippen LogP contribution in [0, 0.1) is 0 Å². The van der Waals surface area contributed by atoms with Crippen molar-refractivity contribution >= 4 is 18.0 Å². The molecule has 1 aromatic carbocycles. The third kappa shape index (κ3) is 7.08. The average molecular weight is 473 g/mol. The third-order valence-corrected chi connectivity index (χ3v) is 5.78. The summed E-state index contributed by atoms with van der Waals surface area (Å²) in [6, 6.07) is 7.03. The first-order chi connectivity index (χ1) is 16.1. The Labute approximate surface area is 204 Å². The maximum Gasteiger partial charge on any atom is 0.433 e. The monoisotopic (exact) mass is 472 g/mol. The van der Waals surface area contributed by atoms with E-state index in [4.69, 9.17) is 9.47 Å². The molecule has 34 heavy (non-hydrogen) atoms. The van der Waals surface area contributed by atoms with Gasteiger partial charge in [0, 0.05) is 12.0 Å². The SMILES string of the molecule is CCCCCCC1=C(Cc2ccc(C(C)=O)cc2)N(C(=O)OC(C)C)N(C(=O)OC(C)C)C1C. The smallest absolute Gasteiger partial charge is 0.433 e. The van der Waals surface area contributed by atoms with Crippen LogP contribution in [0.3, 0.4) is 0 Å². The summed E-state index contributed by atoms with van der Waals surface area (Å²) in [4.78, 5) is 38.0. The van der Waals surface area contributed by atoms with E-state index in [1.54, 1.807) is 39.8 Å². The van der Waals surface area contributed by atoms with E-state index in [9.17, 15) is 14.4 Å². The fourth-order valence-electron chi connectivity index (χ4n) is 4.11. The summed E-state index contributed by atoms with van der Waals surface area (Å²) in [5, 5.41) is 2.75. The predicted molar refractivity (Wildman–Crippen MR) is 132 cm³/mol. The average Bonchev–Trinajstić information content (AvgIpc) is 3.02. The van der Waals surface area contributed by atoms with Crippen LogP contribution in [-0.4, -0.2) is 46.2 Å². The van der Waals surface area contributed by atoms with Gasteiger partial charge in [-0.1, -0.05) is 50.5 Å². The van der Waals surface area contributed by atoms with Crippen molar-refractivity contribution in [2.75, 3.05) is 0 Å². The number of amides is 2. The molecule has 0 saturated heterocycles. The number of ether oxygens (including phenoxy) is 2. The van der Waals surface area contributed by atoms with Gasteiger partial charge in [-0.2, -0.15) is 5.01 Å². The number of unbranched alkanes of at least 4 members (excludes halogenated alkanes) is 3. The van der Waals surface area contributed by atoms with E-state index >= 15 is 0 Å². The molecule has 1 unspecified atom stereocenters. The molecule has 0 N–H and O–H groups in total. The van der Waals surface area contributed by atoms with Gasteiger partial charge in [0.1, 0.15) is 0 Å². The standard InChI is InChI=1S/C27H40N2O5/c1-8-9-10-11-12-24-20(6)28(26(31)33-18(2)3)29(27(32)34-19(4)5)25(24)17-22-13-15-23(16-14-22)21(7)30/h13-16,18-20H,8-12,17H2,1-7H3. The van der Waals surface area contributed by atoms with Crippen molar-refractivity contribution in [3.8, 4) is 0 Å². The first kappa shape index (κ1) is 27.4. The molecule has 1 atom stereocenters. The molecule has 7 nitrogen and oxygen atoms in total. The minimum atomic E-state index is -0.596. The van der Waals surface area contributed by atoms with E-state index in [1.165, 1.54) is 16.9 Å². The van der Waals surface area contributed by atoms with Crippen molar-refractivity contribution in [3.63, 3.8) is 0 Å². The number of hydrazine groups is 1. The van der Waals surface area contributed by atoms with Gasteiger partial charge in [-0.15, -0.1) is 0 Å². The molecular formula is C27H40N2O5. The zero-order chi connectivity index (χ0) is 25.4. The van der Waals surface area contributed by atoms with E-state index in [2.05, 4.69) is 6.92 Å². The second kappa shape index (κ2) is 12.6. The Balaban J connectivity index is 2.49. The fourth-order valence-corrected chi connectivity index (χ4v) is 4.11. The number of hydrogen-bond acceptors (Lipinski definition) is 5. The molecule has 2 rings (SSSR count). The number of nitrogens with zero attached hydrogens (tertiary/aromatic N) is 2. The summed E-state index contributed by atoms with van der Waals surface area (Å²) < 4.78 is 11.0. The molecule has 1 aromatic rings. The van der Waals surface area contributed by atoms with E-state index in [0.29, 0.717) is 12.0 Å². The zero-order valence-corrected chi connectivity index (χ0v) is 21.7. The van der Waals surface area contributed by atoms with Crippen molar-refractivity contribution < 1.29 is 23.9 Å². The van der Waals surface area contributed by atoms with Gasteiger partial charge in [0.15, 0.2) is 5.78 Å². The van der Waals surface area contributed by atoms with Crippen LogP contribution >= 0.6 is 0 Å². The van der Waals surface area contributed by atoms with Gasteiger partial charge in [-0.05, 0) is 65.5 Å². The van der Waals surface area contributed by atoms with Gasteiger partial charge in [-0.3, -0.25) is 4.79 Å². The number of benzene rings is 1. The van der Waals surface area contributed by atoms with Crippen LogP contribution in [0.2, 0.25) is 0 Å². The van der Waals surface area contributed by atoms with Crippen molar-refractivity contribution in [1.29, 1.82) is 0 Å². The molecule has 0 spiro atoms. The number of carbonyl (C=O) groups excluding carboxylic acids is 3. The summed E-state index contributed by atoms with van der Waals surface area (Å²) in [6.45, 7) is 12.8. The lowest BCUT2D eigenvalue weighted by atomic mass is 9.96. The highest BCUT2D eigenvalue weighted by atomic mass is 16.6. The summed E-state index contributed by atoms with van der Waals surface area (Å²) in [7, 11) is 0. The van der Waals surface area contributed by atoms with Crippen LogP contribution in [0.15, 0.2) is 35.5 Å². The van der Waals surface area contributed by atoms with Crippen LogP contribution in [0.25, 0.3) is 0 Å². The zero-order valence-electron chi connectivity index (χ0n) is 21.7. The molecule has 1 aliphatic rings. The molecule has 2 amide bonds. The molecular weight excluding hydrogens is 432 g/mol. The van der Waals surface area contributed by atoms with Crippen LogP contribution in [0.4, 0.5) is 9.59 Å². The lowest BCUT2D eigenvalue weighted by Crippen LogP contribution is -2.50. The molecule has 0 fully saturated rings. The number of carbonyl (C=O) groups is 3. The molecule has 1 aliphatic heterocycles. The van der Waals surface area contributed by atoms with Crippen LogP contribution in [-0.2, 0) is 15.9 Å². The number of hydrogen-bond donors (Lipinski definition) is 0. The van der Waals surface area contributed by atoms with E-state index < -0.39 is 12.2 Å². The summed E-state index contributed by atoms with van der Waals surface area (Å²) in [5.41, 5.74) is 3.36. The van der Waals surface area contributed by atoms with Crippen LogP contribution in [0.5, 0.6) is 0 Å². The van der Waals surface area contributed by atoms with E-state index in [-0.39, 0.29) is 24.0 Å². The Morgan fingerprint density at radius 2 is 1.50 bits per heavy atom. The second-order valence-electron chi connectivity index (χ2n) is 9.41. The van der Waals surface area contributed by atoms with Gasteiger partial charge in [-0.25, -0.2) is 14.6 Å². The molecule has 0 aliphatic carbocycles. The highest BCUT2D eigenvalue weighted by Crippen LogP contribution is 2.36. The second-order valence-corrected chi connectivity index (χ2v) is 9.41. The minimum Gasteiger partial charge on any atom is -0.445 e. The summed E-state index contributed by atoms with van der Waals surface area (Å²) >= 11 is 0. The molecule has 1 heterocycles. The first-order valence-electron chi connectivity index (χ1n) is 12.4. The number of ketones is 1. The van der Waals surface area contributed by atoms with Crippen molar-refractivity contribution in [2.24, 2.45) is 0 Å². The Morgan fingerprint density at radius 3 is 2.03 bits per heavy atom. The number of allylic oxidation sites excluding steroid dienone is 1. The predicted octanol–water partition coefficient (Wildman–Crippen LogP) is 6.67. The molecule has 0 radical (unpaired) electrons. The van der Waals surface area contributed by atoms with Crippen molar-refractivity contribution in [3.05, 3.63) is 46.7 Å². The molecule has 0 saturated carbocycles. The first-order valence-corrected chi connectivity index (χ1v) is 12.4. The lowest BCUT2D eigenvalue weighted by molar-refractivity contribution is -0.0185. The van der Waals surface area contributed by atoms with Gasteiger partial charge in [0.25, 0.3) is 0 Å². The normalized spacial score (nSPS) is 16.0. The topological polar surface area (TPSA) is 76.2 Å². The summed E-state index contributed by atoms with van der Waals surface area (Å²) in [6.07, 6.45) is 3.71. The van der Waals surface area contributed by atoms with Crippen LogP contribution in [0.1, 0.15) is 96.5 Å². The minimum absolute atomic E-state index is 0.00149. The number of Topliss-reactive ketones (excluding diaryl/α,β-unsaturated/α-hetero) is 1. The Morgan fingerprint density at radius 1 is 0.912 bits per heavy atom. The largest absolute Gasteiger partial charge is 0.445 e. The maximum absolute atomic E-state index is 13.2. The summed E-state index contributed by atoms with van der Waals surface area (Å²) in [5.74, 6) is 0.00149.